The van der Waals surface area contributed by atoms with Gasteiger partial charge in [0.1, 0.15) is 0 Å². The number of rotatable bonds is 9. The molecule has 0 fully saturated rings. The summed E-state index contributed by atoms with van der Waals surface area (Å²) in [6.45, 7) is 0. The van der Waals surface area contributed by atoms with Crippen molar-refractivity contribution in [1.82, 2.24) is 15.0 Å². The molecule has 234 valence electrons. The number of aliphatic imine (C=N–C) groups is 3. The smallest absolute Gasteiger partial charge is 0.305 e. The zero-order valence-corrected chi connectivity index (χ0v) is 28.5. The molecule has 7 rings (SSSR count). The molecular formula is C42H27IrN6. The van der Waals surface area contributed by atoms with Crippen LogP contribution < -0.4 is 0 Å². The van der Waals surface area contributed by atoms with Crippen LogP contribution in [0.3, 0.4) is 0 Å². The number of hydrogen-bond donors (Lipinski definition) is 0. The Morgan fingerprint density at radius 1 is 0.408 bits per heavy atom. The largest absolute Gasteiger partial charge is 3.00 e. The van der Waals surface area contributed by atoms with Crippen LogP contribution in [0.2, 0.25) is 0 Å². The predicted molar refractivity (Wildman–Crippen MR) is 194 cm³/mol. The number of pyridine rings is 3. The Balaban J connectivity index is 0.00000417. The van der Waals surface area contributed by atoms with Crippen molar-refractivity contribution in [3.05, 3.63) is 181 Å². The summed E-state index contributed by atoms with van der Waals surface area (Å²) in [4.78, 5) is 27.4. The molecule has 7 aromatic rings. The van der Waals surface area contributed by atoms with E-state index in [-0.39, 0.29) is 20.1 Å². The normalized spacial score (nSPS) is 11.3. The summed E-state index contributed by atoms with van der Waals surface area (Å²) in [7, 11) is 0. The van der Waals surface area contributed by atoms with Gasteiger partial charge in [0.05, 0.1) is 0 Å². The van der Waals surface area contributed by atoms with Gasteiger partial charge in [0.25, 0.3) is 0 Å². The average molecular weight is 808 g/mol. The average Bonchev–Trinajstić information content (AvgIpc) is 3.17. The molecule has 0 N–H and O–H groups in total. The summed E-state index contributed by atoms with van der Waals surface area (Å²) in [6, 6.07) is 50.8. The van der Waals surface area contributed by atoms with E-state index < -0.39 is 0 Å². The molecule has 49 heavy (non-hydrogen) atoms. The Morgan fingerprint density at radius 3 is 0.980 bits per heavy atom. The number of hydrogen-bond acceptors (Lipinski definition) is 6. The van der Waals surface area contributed by atoms with Crippen molar-refractivity contribution < 1.29 is 20.1 Å². The fourth-order valence-corrected chi connectivity index (χ4v) is 4.91. The molecule has 0 bridgehead atoms. The quantitative estimate of drug-likeness (QED) is 0.108. The van der Waals surface area contributed by atoms with E-state index in [1.165, 1.54) is 0 Å². The third kappa shape index (κ3) is 8.87. The third-order valence-corrected chi connectivity index (χ3v) is 7.30. The van der Waals surface area contributed by atoms with Gasteiger partial charge in [0.15, 0.2) is 0 Å². The minimum Gasteiger partial charge on any atom is -0.305 e. The minimum absolute atomic E-state index is 0. The number of aromatic nitrogens is 3. The van der Waals surface area contributed by atoms with Gasteiger partial charge in [0.2, 0.25) is 0 Å². The van der Waals surface area contributed by atoms with Gasteiger partial charge in [-0.25, -0.2) is 0 Å². The van der Waals surface area contributed by atoms with Gasteiger partial charge in [-0.2, -0.15) is 0 Å². The molecular weight excluding hydrogens is 781 g/mol. The maximum atomic E-state index is 4.72. The number of benzene rings is 4. The zero-order valence-electron chi connectivity index (χ0n) is 26.1. The molecule has 3 heterocycles. The van der Waals surface area contributed by atoms with Crippen LogP contribution in [-0.2, 0) is 20.1 Å². The predicted octanol–water partition coefficient (Wildman–Crippen LogP) is 9.52. The van der Waals surface area contributed by atoms with Crippen LogP contribution in [0.4, 0.5) is 17.1 Å². The van der Waals surface area contributed by atoms with E-state index in [1.54, 1.807) is 18.6 Å². The van der Waals surface area contributed by atoms with Crippen LogP contribution in [0, 0.1) is 18.2 Å². The molecule has 7 heteroatoms. The van der Waals surface area contributed by atoms with Gasteiger partial charge in [-0.05, 0) is 87.2 Å². The van der Waals surface area contributed by atoms with Gasteiger partial charge in [-0.3, -0.25) is 0 Å². The van der Waals surface area contributed by atoms with Crippen molar-refractivity contribution in [2.24, 2.45) is 15.0 Å². The van der Waals surface area contributed by atoms with Crippen LogP contribution in [0.1, 0.15) is 16.7 Å². The summed E-state index contributed by atoms with van der Waals surface area (Å²) >= 11 is 0. The van der Waals surface area contributed by atoms with Crippen LogP contribution >= 0.6 is 0 Å². The van der Waals surface area contributed by atoms with Gasteiger partial charge in [-0.1, -0.05) is 36.4 Å². The maximum absolute atomic E-state index is 4.72. The molecule has 3 aromatic heterocycles. The Bertz CT molecular complexity index is 1920. The first kappa shape index (κ1) is 32.9. The Kier molecular flexibility index (Phi) is 10.9. The summed E-state index contributed by atoms with van der Waals surface area (Å²) in [5.41, 5.74) is 10.5. The molecule has 0 unspecified atom stereocenters. The molecule has 0 aliphatic carbocycles. The Morgan fingerprint density at radius 2 is 0.735 bits per heavy atom. The molecule has 0 amide bonds. The topological polar surface area (TPSA) is 75.8 Å². The summed E-state index contributed by atoms with van der Waals surface area (Å²) in [6.07, 6.45) is 10.8. The Labute approximate surface area is 299 Å². The number of nitrogens with zero attached hydrogens (tertiary/aromatic N) is 6. The Hall–Kier alpha value is -6.01. The SMILES string of the molecule is [Ir+3].[c-]1cc(N=Cc2cc(C=Nc3c[c-]c(-c4ccccn4)cc3)cc(C=Nc3c[c-]c(-c4ccccn4)cc3)c2)ccc1-c1ccccn1. The molecule has 0 aliphatic rings. The van der Waals surface area contributed by atoms with Crippen molar-refractivity contribution in [3.8, 4) is 33.8 Å². The van der Waals surface area contributed by atoms with E-state index in [2.05, 4.69) is 33.2 Å². The van der Waals surface area contributed by atoms with Gasteiger partial charge < -0.3 is 29.9 Å². The van der Waals surface area contributed by atoms with E-state index in [0.717, 1.165) is 67.5 Å². The monoisotopic (exact) mass is 808 g/mol. The molecule has 0 saturated heterocycles. The van der Waals surface area contributed by atoms with Crippen molar-refractivity contribution in [2.75, 3.05) is 0 Å². The minimum atomic E-state index is 0. The molecule has 4 aromatic carbocycles. The van der Waals surface area contributed by atoms with E-state index in [1.807, 2.05) is 146 Å². The zero-order chi connectivity index (χ0) is 32.4. The van der Waals surface area contributed by atoms with Crippen LogP contribution in [0.25, 0.3) is 33.8 Å². The molecule has 0 aliphatic heterocycles. The molecule has 0 atom stereocenters. The van der Waals surface area contributed by atoms with Gasteiger partial charge >= 0.3 is 20.1 Å². The van der Waals surface area contributed by atoms with Crippen molar-refractivity contribution in [3.63, 3.8) is 0 Å². The molecule has 0 spiro atoms. The third-order valence-electron chi connectivity index (χ3n) is 7.30. The molecule has 0 saturated carbocycles. The summed E-state index contributed by atoms with van der Waals surface area (Å²) in [5.74, 6) is 0. The van der Waals surface area contributed by atoms with Crippen LogP contribution in [-0.4, -0.2) is 33.6 Å². The van der Waals surface area contributed by atoms with Crippen molar-refractivity contribution in [2.45, 2.75) is 0 Å². The second-order valence-electron chi connectivity index (χ2n) is 10.7. The maximum Gasteiger partial charge on any atom is 3.00 e. The molecule has 0 radical (unpaired) electrons. The first-order chi connectivity index (χ1) is 23.7. The second-order valence-corrected chi connectivity index (χ2v) is 10.7. The van der Waals surface area contributed by atoms with E-state index in [4.69, 9.17) is 15.0 Å². The fourth-order valence-electron chi connectivity index (χ4n) is 4.91. The standard InChI is InChI=1S/C42H27N6.Ir/c1-4-22-43-40(7-1)34-10-16-37(17-11-34)46-28-31-25-32(29-47-38-18-12-35(13-19-38)41-8-2-5-23-44-41)27-33(26-31)30-48-39-20-14-36(15-21-39)42-9-3-6-24-45-42;/h1-10,12,14,16-30H;/q-3;+3. The van der Waals surface area contributed by atoms with Crippen molar-refractivity contribution in [1.29, 1.82) is 0 Å². The van der Waals surface area contributed by atoms with E-state index in [0.29, 0.717) is 0 Å². The first-order valence-electron chi connectivity index (χ1n) is 15.3. The molecule has 6 nitrogen and oxygen atoms in total. The van der Waals surface area contributed by atoms with Gasteiger partial charge in [0, 0.05) is 37.2 Å². The van der Waals surface area contributed by atoms with Gasteiger partial charge in [-0.15, -0.1) is 89.5 Å². The second kappa shape index (κ2) is 16.2. The van der Waals surface area contributed by atoms with Crippen LogP contribution in [0.5, 0.6) is 0 Å². The summed E-state index contributed by atoms with van der Waals surface area (Å²) < 4.78 is 0. The van der Waals surface area contributed by atoms with Crippen molar-refractivity contribution >= 4 is 35.7 Å². The van der Waals surface area contributed by atoms with E-state index >= 15 is 0 Å². The fraction of sp³-hybridized carbons (Fsp3) is 0. The van der Waals surface area contributed by atoms with E-state index in [9.17, 15) is 0 Å². The first-order valence-corrected chi connectivity index (χ1v) is 15.3. The summed E-state index contributed by atoms with van der Waals surface area (Å²) in [5, 5.41) is 0. The van der Waals surface area contributed by atoms with Crippen LogP contribution in [0.15, 0.2) is 161 Å².